The lowest BCUT2D eigenvalue weighted by atomic mass is 10.0. The first-order chi connectivity index (χ1) is 13.2. The van der Waals surface area contributed by atoms with Gasteiger partial charge >= 0.3 is 0 Å². The third-order valence-corrected chi connectivity index (χ3v) is 6.37. The third kappa shape index (κ3) is 4.14. The first-order valence-corrected chi connectivity index (χ1v) is 10.6. The van der Waals surface area contributed by atoms with Crippen LogP contribution in [0.15, 0.2) is 41.3 Å². The van der Waals surface area contributed by atoms with E-state index in [4.69, 9.17) is 16.3 Å². The SMILES string of the molecule is CC(C)C(=O)Cc1ccc2c(n1)N(S(=O)(=O)c1cccc(Cl)c1)C[C@H](CO)O2. The maximum absolute atomic E-state index is 13.2. The molecule has 2 heterocycles. The van der Waals surface area contributed by atoms with E-state index in [2.05, 4.69) is 4.98 Å². The van der Waals surface area contributed by atoms with Crippen molar-refractivity contribution in [3.8, 4) is 5.75 Å². The molecule has 0 unspecified atom stereocenters. The van der Waals surface area contributed by atoms with Crippen LogP contribution in [0.3, 0.4) is 0 Å². The third-order valence-electron chi connectivity index (χ3n) is 4.38. The average molecular weight is 425 g/mol. The van der Waals surface area contributed by atoms with Crippen LogP contribution in [0.25, 0.3) is 0 Å². The molecule has 1 aromatic heterocycles. The van der Waals surface area contributed by atoms with Gasteiger partial charge in [-0.25, -0.2) is 17.7 Å². The highest BCUT2D eigenvalue weighted by Gasteiger charge is 2.36. The number of pyridine rings is 1. The number of carbonyl (C=O) groups is 1. The molecular formula is C19H21ClN2O5S. The van der Waals surface area contributed by atoms with E-state index < -0.39 is 16.1 Å². The fourth-order valence-electron chi connectivity index (χ4n) is 2.78. The van der Waals surface area contributed by atoms with Crippen LogP contribution in [-0.2, 0) is 21.2 Å². The summed E-state index contributed by atoms with van der Waals surface area (Å²) in [4.78, 5) is 16.5. The van der Waals surface area contributed by atoms with E-state index in [1.807, 2.05) is 0 Å². The molecule has 1 aromatic carbocycles. The number of hydrogen-bond donors (Lipinski definition) is 1. The Kier molecular flexibility index (Phi) is 5.92. The highest BCUT2D eigenvalue weighted by Crippen LogP contribution is 2.36. The van der Waals surface area contributed by atoms with Crippen LogP contribution in [0.5, 0.6) is 5.75 Å². The Hall–Kier alpha value is -2.16. The van der Waals surface area contributed by atoms with Gasteiger partial charge in [0.25, 0.3) is 10.0 Å². The number of nitrogens with zero attached hydrogens (tertiary/aromatic N) is 2. The summed E-state index contributed by atoms with van der Waals surface area (Å²) in [7, 11) is -3.99. The predicted octanol–water partition coefficient (Wildman–Crippen LogP) is 2.45. The van der Waals surface area contributed by atoms with E-state index in [0.717, 1.165) is 4.31 Å². The first-order valence-electron chi connectivity index (χ1n) is 8.81. The van der Waals surface area contributed by atoms with Gasteiger partial charge in [-0.15, -0.1) is 0 Å². The van der Waals surface area contributed by atoms with Crippen molar-refractivity contribution in [1.82, 2.24) is 4.98 Å². The van der Waals surface area contributed by atoms with E-state index >= 15 is 0 Å². The van der Waals surface area contributed by atoms with Gasteiger partial charge in [-0.05, 0) is 30.3 Å². The van der Waals surface area contributed by atoms with Gasteiger partial charge in [0, 0.05) is 17.4 Å². The topological polar surface area (TPSA) is 96.8 Å². The number of ketones is 1. The quantitative estimate of drug-likeness (QED) is 0.765. The summed E-state index contributed by atoms with van der Waals surface area (Å²) in [5, 5.41) is 9.81. The number of rotatable bonds is 6. The van der Waals surface area contributed by atoms with Crippen LogP contribution < -0.4 is 9.04 Å². The highest BCUT2D eigenvalue weighted by molar-refractivity contribution is 7.92. The molecule has 0 bridgehead atoms. The van der Waals surface area contributed by atoms with Gasteiger partial charge in [0.2, 0.25) is 0 Å². The first kappa shape index (κ1) is 20.6. The number of aromatic nitrogens is 1. The van der Waals surface area contributed by atoms with Crippen LogP contribution in [-0.4, -0.2) is 43.5 Å². The summed E-state index contributed by atoms with van der Waals surface area (Å²) in [6.07, 6.45) is -0.634. The Morgan fingerprint density at radius 2 is 2.11 bits per heavy atom. The van der Waals surface area contributed by atoms with E-state index in [1.54, 1.807) is 38.1 Å². The molecule has 28 heavy (non-hydrogen) atoms. The number of benzene rings is 1. The van der Waals surface area contributed by atoms with Crippen molar-refractivity contribution >= 4 is 33.2 Å². The number of aliphatic hydroxyl groups is 1. The molecule has 150 valence electrons. The predicted molar refractivity (Wildman–Crippen MR) is 105 cm³/mol. The second-order valence-corrected chi connectivity index (χ2v) is 9.14. The van der Waals surface area contributed by atoms with Gasteiger partial charge in [-0.1, -0.05) is 31.5 Å². The van der Waals surface area contributed by atoms with Gasteiger partial charge in [-0.3, -0.25) is 4.79 Å². The lowest BCUT2D eigenvalue weighted by Gasteiger charge is -2.34. The van der Waals surface area contributed by atoms with Crippen molar-refractivity contribution in [3.05, 3.63) is 47.1 Å². The van der Waals surface area contributed by atoms with Crippen molar-refractivity contribution in [2.24, 2.45) is 5.92 Å². The molecule has 0 radical (unpaired) electrons. The molecule has 3 rings (SSSR count). The fourth-order valence-corrected chi connectivity index (χ4v) is 4.53. The maximum Gasteiger partial charge on any atom is 0.265 e. The second-order valence-electron chi connectivity index (χ2n) is 6.84. The van der Waals surface area contributed by atoms with Crippen molar-refractivity contribution in [2.45, 2.75) is 31.3 Å². The summed E-state index contributed by atoms with van der Waals surface area (Å²) < 4.78 is 33.2. The Balaban J connectivity index is 2.06. The summed E-state index contributed by atoms with van der Waals surface area (Å²) in [6, 6.07) is 9.13. The molecule has 7 nitrogen and oxygen atoms in total. The van der Waals surface area contributed by atoms with Crippen LogP contribution >= 0.6 is 11.6 Å². The fraction of sp³-hybridized carbons (Fsp3) is 0.368. The molecule has 9 heteroatoms. The number of carbonyl (C=O) groups excluding carboxylic acids is 1. The van der Waals surface area contributed by atoms with Crippen molar-refractivity contribution < 1.29 is 23.1 Å². The van der Waals surface area contributed by atoms with Gasteiger partial charge in [0.15, 0.2) is 11.6 Å². The van der Waals surface area contributed by atoms with E-state index in [0.29, 0.717) is 5.69 Å². The number of sulfonamides is 1. The summed E-state index contributed by atoms with van der Waals surface area (Å²) in [5.41, 5.74) is 0.454. The summed E-state index contributed by atoms with van der Waals surface area (Å²) in [6.45, 7) is 3.14. The lowest BCUT2D eigenvalue weighted by Crippen LogP contribution is -2.45. The normalized spacial score (nSPS) is 16.6. The van der Waals surface area contributed by atoms with E-state index in [1.165, 1.54) is 12.1 Å². The van der Waals surface area contributed by atoms with Crippen molar-refractivity contribution in [2.75, 3.05) is 17.5 Å². The summed E-state index contributed by atoms with van der Waals surface area (Å²) in [5.74, 6) is 0.177. The molecule has 2 aromatic rings. The van der Waals surface area contributed by atoms with E-state index in [-0.39, 0.29) is 52.8 Å². The number of halogens is 1. The van der Waals surface area contributed by atoms with Crippen LogP contribution in [0, 0.1) is 5.92 Å². The standard InChI is InChI=1S/C19H21ClN2O5S/c1-12(2)17(24)9-14-6-7-18-19(21-14)22(10-15(11-23)27-18)28(25,26)16-5-3-4-13(20)8-16/h3-8,12,15,23H,9-11H2,1-2H3/t15-/m1/s1. The second kappa shape index (κ2) is 8.06. The Morgan fingerprint density at radius 1 is 1.36 bits per heavy atom. The number of aliphatic hydroxyl groups excluding tert-OH is 1. The number of anilines is 1. The molecule has 0 fully saturated rings. The highest BCUT2D eigenvalue weighted by atomic mass is 35.5. The maximum atomic E-state index is 13.2. The molecule has 0 spiro atoms. The number of Topliss-reactive ketones (excluding diaryl/α,β-unsaturated/α-hetero) is 1. The van der Waals surface area contributed by atoms with Gasteiger partial charge in [-0.2, -0.15) is 0 Å². The number of hydrogen-bond acceptors (Lipinski definition) is 6. The minimum atomic E-state index is -3.99. The monoisotopic (exact) mass is 424 g/mol. The van der Waals surface area contributed by atoms with Gasteiger partial charge in [0.05, 0.1) is 23.7 Å². The molecule has 0 saturated carbocycles. The molecule has 0 amide bonds. The number of fused-ring (bicyclic) bond motifs is 1. The summed E-state index contributed by atoms with van der Waals surface area (Å²) >= 11 is 5.96. The molecular weight excluding hydrogens is 404 g/mol. The average Bonchev–Trinajstić information content (AvgIpc) is 2.66. The minimum Gasteiger partial charge on any atom is -0.482 e. The lowest BCUT2D eigenvalue weighted by molar-refractivity contribution is -0.121. The smallest absolute Gasteiger partial charge is 0.265 e. The Morgan fingerprint density at radius 3 is 2.75 bits per heavy atom. The molecule has 1 atom stereocenters. The van der Waals surface area contributed by atoms with Crippen molar-refractivity contribution in [3.63, 3.8) is 0 Å². The zero-order valence-electron chi connectivity index (χ0n) is 15.5. The van der Waals surface area contributed by atoms with Crippen LogP contribution in [0.1, 0.15) is 19.5 Å². The zero-order chi connectivity index (χ0) is 20.5. The zero-order valence-corrected chi connectivity index (χ0v) is 17.1. The van der Waals surface area contributed by atoms with E-state index in [9.17, 15) is 18.3 Å². The Bertz CT molecular complexity index is 994. The molecule has 0 saturated heterocycles. The van der Waals surface area contributed by atoms with Crippen LogP contribution in [0.4, 0.5) is 5.82 Å². The van der Waals surface area contributed by atoms with Crippen molar-refractivity contribution in [1.29, 1.82) is 0 Å². The Labute approximate surface area is 169 Å². The number of ether oxygens (including phenoxy) is 1. The molecule has 1 aliphatic rings. The van der Waals surface area contributed by atoms with Gasteiger partial charge in [0.1, 0.15) is 11.9 Å². The molecule has 0 aliphatic carbocycles. The van der Waals surface area contributed by atoms with Gasteiger partial charge < -0.3 is 9.84 Å². The molecule has 1 N–H and O–H groups in total. The minimum absolute atomic E-state index is 0.00154. The van der Waals surface area contributed by atoms with Crippen LogP contribution in [0.2, 0.25) is 5.02 Å². The largest absolute Gasteiger partial charge is 0.482 e. The molecule has 1 aliphatic heterocycles.